The third kappa shape index (κ3) is 4.14. The number of nitrogens with zero attached hydrogens (tertiary/aromatic N) is 5. The van der Waals surface area contributed by atoms with Gasteiger partial charge in [-0.25, -0.2) is 23.3 Å². The Hall–Kier alpha value is -3.14. The number of halogens is 2. The van der Waals surface area contributed by atoms with E-state index in [0.29, 0.717) is 35.8 Å². The largest absolute Gasteiger partial charge is 0.481 e. The van der Waals surface area contributed by atoms with E-state index in [0.717, 1.165) is 5.69 Å². The van der Waals surface area contributed by atoms with Gasteiger partial charge < -0.3 is 15.4 Å². The van der Waals surface area contributed by atoms with E-state index >= 15 is 0 Å². The fraction of sp³-hybridized carbons (Fsp3) is 0.455. The number of piperidine rings is 1. The highest BCUT2D eigenvalue weighted by Gasteiger charge is 2.33. The molecule has 0 aliphatic carbocycles. The molecule has 4 heterocycles. The predicted molar refractivity (Wildman–Crippen MR) is 114 cm³/mol. The third-order valence-electron chi connectivity index (χ3n) is 5.83. The molecule has 1 fully saturated rings. The first-order valence-electron chi connectivity index (χ1n) is 10.5. The summed E-state index contributed by atoms with van der Waals surface area (Å²) in [6, 6.07) is 5.99. The lowest BCUT2D eigenvalue weighted by Crippen LogP contribution is -2.48. The van der Waals surface area contributed by atoms with Gasteiger partial charge in [-0.15, -0.1) is 0 Å². The van der Waals surface area contributed by atoms with Gasteiger partial charge in [-0.3, -0.25) is 4.79 Å². The molecule has 8 nitrogen and oxygen atoms in total. The molecule has 2 N–H and O–H groups in total. The standard InChI is InChI=1S/C22H26F2N6O2/c1-12(2)16-8-13(9-20(28-16)32-3)22(31)29-7-5-15(25)14(11-29)18-10-17(21(23)24)27-19-4-6-26-30(18)19/h4,6,8-10,12,14-15,21H,5,7,11,25H2,1-3H3/t14-,15?/m1/s1. The number of ether oxygens (including phenoxy) is 1. The summed E-state index contributed by atoms with van der Waals surface area (Å²) in [5, 5.41) is 4.24. The average Bonchev–Trinajstić information content (AvgIpc) is 3.26. The molecule has 3 aromatic heterocycles. The minimum absolute atomic E-state index is 0.122. The summed E-state index contributed by atoms with van der Waals surface area (Å²) in [5.41, 5.74) is 8.14. The lowest BCUT2D eigenvalue weighted by Gasteiger charge is -2.37. The molecule has 4 rings (SSSR count). The molecule has 10 heteroatoms. The summed E-state index contributed by atoms with van der Waals surface area (Å²) < 4.78 is 33.7. The van der Waals surface area contributed by atoms with E-state index < -0.39 is 6.43 Å². The van der Waals surface area contributed by atoms with Gasteiger partial charge in [-0.2, -0.15) is 5.10 Å². The van der Waals surface area contributed by atoms with Crippen LogP contribution in [0.4, 0.5) is 8.78 Å². The van der Waals surface area contributed by atoms with Crippen molar-refractivity contribution in [3.05, 3.63) is 53.1 Å². The smallest absolute Gasteiger partial charge is 0.280 e. The summed E-state index contributed by atoms with van der Waals surface area (Å²) in [5.74, 6) is -0.0520. The zero-order valence-electron chi connectivity index (χ0n) is 18.2. The highest BCUT2D eigenvalue weighted by atomic mass is 19.3. The van der Waals surface area contributed by atoms with E-state index in [1.807, 2.05) is 13.8 Å². The van der Waals surface area contributed by atoms with Crippen LogP contribution >= 0.6 is 0 Å². The molecule has 170 valence electrons. The number of fused-ring (bicyclic) bond motifs is 1. The number of aromatic nitrogens is 4. The summed E-state index contributed by atoms with van der Waals surface area (Å²) in [6.07, 6.45) is -0.676. The van der Waals surface area contributed by atoms with E-state index in [4.69, 9.17) is 10.5 Å². The molecule has 1 unspecified atom stereocenters. The number of hydrogen-bond acceptors (Lipinski definition) is 6. The molecule has 0 radical (unpaired) electrons. The summed E-state index contributed by atoms with van der Waals surface area (Å²) in [4.78, 5) is 23.4. The second kappa shape index (κ2) is 8.78. The number of amides is 1. The zero-order valence-corrected chi connectivity index (χ0v) is 18.2. The first-order valence-corrected chi connectivity index (χ1v) is 10.5. The zero-order chi connectivity index (χ0) is 23.0. The van der Waals surface area contributed by atoms with Crippen molar-refractivity contribution in [2.24, 2.45) is 5.73 Å². The van der Waals surface area contributed by atoms with Gasteiger partial charge >= 0.3 is 0 Å². The van der Waals surface area contributed by atoms with Gasteiger partial charge in [-0.05, 0) is 24.5 Å². The van der Waals surface area contributed by atoms with Gasteiger partial charge in [-0.1, -0.05) is 13.8 Å². The van der Waals surface area contributed by atoms with E-state index in [2.05, 4.69) is 15.1 Å². The minimum atomic E-state index is -2.72. The average molecular weight is 444 g/mol. The number of likely N-dealkylation sites (tertiary alicyclic amines) is 1. The first-order chi connectivity index (χ1) is 15.3. The van der Waals surface area contributed by atoms with Gasteiger partial charge in [0.2, 0.25) is 5.88 Å². The number of nitrogens with two attached hydrogens (primary N) is 1. The molecule has 32 heavy (non-hydrogen) atoms. The highest BCUT2D eigenvalue weighted by molar-refractivity contribution is 5.94. The van der Waals surface area contributed by atoms with Crippen LogP contribution in [0.3, 0.4) is 0 Å². The Balaban J connectivity index is 1.68. The Morgan fingerprint density at radius 1 is 1.22 bits per heavy atom. The van der Waals surface area contributed by atoms with Crippen LogP contribution < -0.4 is 10.5 Å². The number of carbonyl (C=O) groups is 1. The molecule has 0 saturated carbocycles. The Labute approximate surface area is 184 Å². The van der Waals surface area contributed by atoms with Crippen LogP contribution in [0.5, 0.6) is 5.88 Å². The lowest BCUT2D eigenvalue weighted by atomic mass is 9.89. The maximum absolute atomic E-state index is 13.4. The highest BCUT2D eigenvalue weighted by Crippen LogP contribution is 2.30. The second-order valence-corrected chi connectivity index (χ2v) is 8.30. The Kier molecular flexibility index (Phi) is 6.05. The van der Waals surface area contributed by atoms with E-state index in [9.17, 15) is 13.6 Å². The Bertz CT molecular complexity index is 1130. The molecule has 1 aliphatic rings. The van der Waals surface area contributed by atoms with Crippen molar-refractivity contribution in [2.45, 2.75) is 44.6 Å². The predicted octanol–water partition coefficient (Wildman–Crippen LogP) is 3.15. The molecular weight excluding hydrogens is 418 g/mol. The van der Waals surface area contributed by atoms with Crippen LogP contribution in [0.15, 0.2) is 30.5 Å². The van der Waals surface area contributed by atoms with Gasteiger partial charge in [0.05, 0.1) is 19.0 Å². The SMILES string of the molecule is COc1cc(C(=O)N2CCC(N)[C@H](c3cc(C(F)F)nc4ccnn34)C2)cc(C(C)C)n1. The van der Waals surface area contributed by atoms with Crippen molar-refractivity contribution < 1.29 is 18.3 Å². The fourth-order valence-electron chi connectivity index (χ4n) is 4.03. The van der Waals surface area contributed by atoms with Crippen LogP contribution in [0, 0.1) is 0 Å². The van der Waals surface area contributed by atoms with Gasteiger partial charge in [0.1, 0.15) is 5.69 Å². The van der Waals surface area contributed by atoms with Crippen molar-refractivity contribution >= 4 is 11.6 Å². The van der Waals surface area contributed by atoms with Crippen molar-refractivity contribution in [2.75, 3.05) is 20.2 Å². The van der Waals surface area contributed by atoms with E-state index in [1.165, 1.54) is 23.9 Å². The van der Waals surface area contributed by atoms with Gasteiger partial charge in [0, 0.05) is 48.4 Å². The minimum Gasteiger partial charge on any atom is -0.481 e. The second-order valence-electron chi connectivity index (χ2n) is 8.30. The van der Waals surface area contributed by atoms with Crippen LogP contribution in [-0.2, 0) is 0 Å². The molecule has 1 saturated heterocycles. The van der Waals surface area contributed by atoms with Crippen LogP contribution in [0.2, 0.25) is 0 Å². The molecule has 0 aromatic carbocycles. The Morgan fingerprint density at radius 3 is 2.69 bits per heavy atom. The summed E-state index contributed by atoms with van der Waals surface area (Å²) in [6.45, 7) is 4.73. The van der Waals surface area contributed by atoms with Crippen LogP contribution in [0.25, 0.3) is 5.65 Å². The van der Waals surface area contributed by atoms with E-state index in [1.54, 1.807) is 23.1 Å². The van der Waals surface area contributed by atoms with E-state index in [-0.39, 0.29) is 36.0 Å². The molecule has 3 aromatic rings. The quantitative estimate of drug-likeness (QED) is 0.649. The van der Waals surface area contributed by atoms with Crippen LogP contribution in [-0.4, -0.2) is 56.6 Å². The Morgan fingerprint density at radius 2 is 2.00 bits per heavy atom. The summed E-state index contributed by atoms with van der Waals surface area (Å²) >= 11 is 0. The fourth-order valence-corrected chi connectivity index (χ4v) is 4.03. The normalized spacial score (nSPS) is 19.2. The molecule has 0 spiro atoms. The maximum atomic E-state index is 13.4. The number of methoxy groups -OCH3 is 1. The molecule has 1 amide bonds. The van der Waals surface area contributed by atoms with Crippen molar-refractivity contribution in [3.8, 4) is 5.88 Å². The number of alkyl halides is 2. The van der Waals surface area contributed by atoms with Gasteiger partial charge in [0.25, 0.3) is 12.3 Å². The number of carbonyl (C=O) groups excluding carboxylic acids is 1. The number of rotatable bonds is 5. The molecule has 1 aliphatic heterocycles. The number of hydrogen-bond donors (Lipinski definition) is 1. The molecule has 2 atom stereocenters. The topological polar surface area (TPSA) is 98.6 Å². The number of pyridine rings is 1. The van der Waals surface area contributed by atoms with Crippen molar-refractivity contribution in [3.63, 3.8) is 0 Å². The third-order valence-corrected chi connectivity index (χ3v) is 5.83. The van der Waals surface area contributed by atoms with Crippen LogP contribution in [0.1, 0.15) is 66.0 Å². The lowest BCUT2D eigenvalue weighted by molar-refractivity contribution is 0.0690. The maximum Gasteiger partial charge on any atom is 0.280 e. The van der Waals surface area contributed by atoms with Crippen molar-refractivity contribution in [1.82, 2.24) is 24.5 Å². The molecular formula is C22H26F2N6O2. The summed E-state index contributed by atoms with van der Waals surface area (Å²) in [7, 11) is 1.51. The van der Waals surface area contributed by atoms with Gasteiger partial charge in [0.15, 0.2) is 5.65 Å². The first kappa shape index (κ1) is 22.1. The van der Waals surface area contributed by atoms with Crippen molar-refractivity contribution in [1.29, 1.82) is 0 Å². The monoisotopic (exact) mass is 444 g/mol. The molecule has 0 bridgehead atoms.